The van der Waals surface area contributed by atoms with Crippen molar-refractivity contribution < 1.29 is 8.83 Å². The number of amidine groups is 1. The molecule has 7 aromatic carbocycles. The highest BCUT2D eigenvalue weighted by Crippen LogP contribution is 2.52. The number of fused-ring (bicyclic) bond motifs is 9. The molecule has 0 spiro atoms. The van der Waals surface area contributed by atoms with Crippen LogP contribution in [0, 0.1) is 0 Å². The molecule has 2 aliphatic heterocycles. The summed E-state index contributed by atoms with van der Waals surface area (Å²) < 4.78 is 13.7. The van der Waals surface area contributed by atoms with Crippen molar-refractivity contribution in [2.24, 2.45) is 9.98 Å². The molecule has 4 heterocycles. The molecule has 0 amide bonds. The monoisotopic (exact) mass is 757 g/mol. The predicted octanol–water partition coefficient (Wildman–Crippen LogP) is 12.1. The average molecular weight is 758 g/mol. The summed E-state index contributed by atoms with van der Waals surface area (Å²) in [5.41, 5.74) is 15.3. The number of aliphatic imine (C=N–C) groups is 2. The van der Waals surface area contributed by atoms with Crippen LogP contribution in [-0.4, -0.2) is 11.5 Å². The Kier molecular flexibility index (Phi) is 7.44. The summed E-state index contributed by atoms with van der Waals surface area (Å²) in [5, 5.41) is 4.29. The van der Waals surface area contributed by atoms with E-state index in [1.54, 1.807) is 0 Å². The quantitative estimate of drug-likeness (QED) is 0.176. The van der Waals surface area contributed by atoms with Crippen molar-refractivity contribution >= 4 is 73.3 Å². The Balaban J connectivity index is 1.07. The average Bonchev–Trinajstić information content (AvgIpc) is 3.94. The zero-order valence-electron chi connectivity index (χ0n) is 32.0. The second-order valence-corrected chi connectivity index (χ2v) is 15.3. The molecule has 9 aromatic rings. The first-order valence-corrected chi connectivity index (χ1v) is 20.0. The molecule has 278 valence electrons. The molecule has 2 aromatic heterocycles. The molecule has 0 saturated carbocycles. The van der Waals surface area contributed by atoms with Crippen LogP contribution in [0.4, 0.5) is 11.4 Å². The van der Waals surface area contributed by atoms with Gasteiger partial charge < -0.3 is 13.7 Å². The van der Waals surface area contributed by atoms with Crippen molar-refractivity contribution in [2.45, 2.75) is 12.3 Å². The lowest BCUT2D eigenvalue weighted by Crippen LogP contribution is -2.33. The van der Waals surface area contributed by atoms with Crippen molar-refractivity contribution in [3.63, 3.8) is 0 Å². The van der Waals surface area contributed by atoms with Gasteiger partial charge in [0, 0.05) is 44.0 Å². The first-order chi connectivity index (χ1) is 29.2. The van der Waals surface area contributed by atoms with Crippen LogP contribution in [0.1, 0.15) is 34.6 Å². The number of allylic oxidation sites excluding steroid dienone is 2. The summed E-state index contributed by atoms with van der Waals surface area (Å²) in [6.07, 6.45) is 5.30. The van der Waals surface area contributed by atoms with E-state index in [0.717, 1.165) is 112 Å². The molecular weight excluding hydrogens is 723 g/mol. The van der Waals surface area contributed by atoms with Gasteiger partial charge in [-0.1, -0.05) is 152 Å². The van der Waals surface area contributed by atoms with Gasteiger partial charge in [0.2, 0.25) is 0 Å². The highest BCUT2D eigenvalue weighted by atomic mass is 16.3. The first kappa shape index (κ1) is 33.4. The maximum Gasteiger partial charge on any atom is 0.160 e. The maximum absolute atomic E-state index is 6.97. The van der Waals surface area contributed by atoms with Gasteiger partial charge in [-0.3, -0.25) is 0 Å². The van der Waals surface area contributed by atoms with Crippen LogP contribution in [0.3, 0.4) is 0 Å². The van der Waals surface area contributed by atoms with Crippen LogP contribution >= 0.6 is 0 Å². The van der Waals surface area contributed by atoms with Gasteiger partial charge >= 0.3 is 0 Å². The second-order valence-electron chi connectivity index (χ2n) is 15.3. The van der Waals surface area contributed by atoms with Crippen molar-refractivity contribution in [1.82, 2.24) is 0 Å². The fourth-order valence-electron chi connectivity index (χ4n) is 9.26. The zero-order valence-corrected chi connectivity index (χ0v) is 32.0. The number of benzene rings is 7. The van der Waals surface area contributed by atoms with E-state index in [1.165, 1.54) is 5.56 Å². The van der Waals surface area contributed by atoms with Gasteiger partial charge in [-0.25, -0.2) is 9.98 Å². The van der Waals surface area contributed by atoms with Gasteiger partial charge in [-0.2, -0.15) is 0 Å². The summed E-state index contributed by atoms with van der Waals surface area (Å²) in [6, 6.07) is 58.8. The normalized spacial score (nSPS) is 16.0. The molecule has 0 radical (unpaired) electrons. The van der Waals surface area contributed by atoms with Crippen molar-refractivity contribution in [2.75, 3.05) is 4.90 Å². The molecule has 1 atom stereocenters. The lowest BCUT2D eigenvalue weighted by atomic mass is 9.91. The minimum atomic E-state index is 0.156. The molecule has 0 N–H and O–H groups in total. The Morgan fingerprint density at radius 2 is 1.25 bits per heavy atom. The minimum Gasteiger partial charge on any atom is -0.454 e. The number of hydrogen-bond donors (Lipinski definition) is 0. The van der Waals surface area contributed by atoms with Gasteiger partial charge in [0.1, 0.15) is 11.2 Å². The summed E-state index contributed by atoms with van der Waals surface area (Å²) in [4.78, 5) is 13.0. The Morgan fingerprint density at radius 1 is 0.576 bits per heavy atom. The van der Waals surface area contributed by atoms with E-state index in [-0.39, 0.29) is 5.92 Å². The Bertz CT molecular complexity index is 3440. The van der Waals surface area contributed by atoms with Crippen LogP contribution in [0.25, 0.3) is 61.5 Å². The van der Waals surface area contributed by atoms with Gasteiger partial charge in [-0.15, -0.1) is 0 Å². The van der Waals surface area contributed by atoms with E-state index in [4.69, 9.17) is 18.8 Å². The van der Waals surface area contributed by atoms with Gasteiger partial charge in [0.25, 0.3) is 0 Å². The van der Waals surface area contributed by atoms with Crippen molar-refractivity contribution in [3.05, 3.63) is 221 Å². The standard InChI is InChI=1S/C54H35N3O2/c1-33-31-44(55-54(56-50(33)35-17-6-3-7-18-35)37-20-12-19-36(32-37)34-15-4-2-5-16-34)42-23-14-28-48-49(42)43-24-13-26-46(52(43)59-48)57-45-25-10-8-21-38(45)40-29-30-41-39-22-9-11-27-47(39)58-53(41)51(40)57/h2-28,30-32,40H,1,29H2. The van der Waals surface area contributed by atoms with E-state index in [9.17, 15) is 0 Å². The minimum absolute atomic E-state index is 0.156. The zero-order chi connectivity index (χ0) is 39.0. The van der Waals surface area contributed by atoms with E-state index in [0.29, 0.717) is 5.84 Å². The maximum atomic E-state index is 6.97. The first-order valence-electron chi connectivity index (χ1n) is 20.0. The molecular formula is C54H35N3O2. The molecule has 12 rings (SSSR count). The fraction of sp³-hybridized carbons (Fsp3) is 0.0370. The number of rotatable bonds is 5. The molecule has 1 unspecified atom stereocenters. The third kappa shape index (κ3) is 5.25. The van der Waals surface area contributed by atoms with Crippen LogP contribution in [0.15, 0.2) is 207 Å². The van der Waals surface area contributed by atoms with Crippen LogP contribution in [0.5, 0.6) is 0 Å². The Morgan fingerprint density at radius 3 is 2.14 bits per heavy atom. The molecule has 1 aliphatic carbocycles. The molecule has 3 aliphatic rings. The van der Waals surface area contributed by atoms with Crippen molar-refractivity contribution in [3.8, 4) is 11.1 Å². The summed E-state index contributed by atoms with van der Waals surface area (Å²) in [6.45, 7) is 4.57. The largest absolute Gasteiger partial charge is 0.454 e. The van der Waals surface area contributed by atoms with Crippen molar-refractivity contribution in [1.29, 1.82) is 0 Å². The third-order valence-electron chi connectivity index (χ3n) is 11.9. The van der Waals surface area contributed by atoms with E-state index >= 15 is 0 Å². The Labute approximate surface area is 340 Å². The van der Waals surface area contributed by atoms with Gasteiger partial charge in [0.05, 0.1) is 28.5 Å². The van der Waals surface area contributed by atoms with Crippen LogP contribution in [-0.2, 0) is 0 Å². The van der Waals surface area contributed by atoms with E-state index in [1.807, 2.05) is 36.4 Å². The van der Waals surface area contributed by atoms with Gasteiger partial charge in [0.15, 0.2) is 16.8 Å². The summed E-state index contributed by atoms with van der Waals surface area (Å²) in [5.74, 6) is 0.771. The number of para-hydroxylation sites is 3. The number of anilines is 2. The molecule has 5 nitrogen and oxygen atoms in total. The molecule has 5 heteroatoms. The molecule has 0 bridgehead atoms. The number of nitrogens with zero attached hydrogens (tertiary/aromatic N) is 3. The lowest BCUT2D eigenvalue weighted by molar-refractivity contribution is 0.564. The molecule has 0 saturated heterocycles. The molecule has 59 heavy (non-hydrogen) atoms. The number of hydrogen-bond acceptors (Lipinski definition) is 5. The highest BCUT2D eigenvalue weighted by Gasteiger charge is 2.39. The smallest absolute Gasteiger partial charge is 0.160 e. The SMILES string of the molecule is C=C1C=C(c2cccc3oc4c(N5C6=c7oc8ccccc8c7=CCC6c6ccccc65)cccc4c23)N=C(c2cccc(-c3ccccc3)c2)N=C1c1ccccc1. The van der Waals surface area contributed by atoms with Crippen LogP contribution < -0.4 is 15.5 Å². The fourth-order valence-corrected chi connectivity index (χ4v) is 9.26. The highest BCUT2D eigenvalue weighted by molar-refractivity contribution is 6.24. The second kappa shape index (κ2) is 13.2. The van der Waals surface area contributed by atoms with E-state index in [2.05, 4.69) is 157 Å². The summed E-state index contributed by atoms with van der Waals surface area (Å²) >= 11 is 0. The Hall–Kier alpha value is -7.76. The lowest BCUT2D eigenvalue weighted by Gasteiger charge is -2.23. The number of furan rings is 2. The van der Waals surface area contributed by atoms with E-state index < -0.39 is 0 Å². The summed E-state index contributed by atoms with van der Waals surface area (Å²) in [7, 11) is 0. The van der Waals surface area contributed by atoms with Crippen LogP contribution in [0.2, 0.25) is 0 Å². The predicted molar refractivity (Wildman–Crippen MR) is 242 cm³/mol. The topological polar surface area (TPSA) is 54.2 Å². The third-order valence-corrected chi connectivity index (χ3v) is 11.9. The molecule has 0 fully saturated rings. The van der Waals surface area contributed by atoms with Gasteiger partial charge in [-0.05, 0) is 65.1 Å².